The largest absolute Gasteiger partial charge is 0.496 e. The van der Waals surface area contributed by atoms with E-state index in [-0.39, 0.29) is 5.91 Å². The van der Waals surface area contributed by atoms with Crippen LogP contribution in [0.1, 0.15) is 29.7 Å². The molecule has 2 heterocycles. The van der Waals surface area contributed by atoms with Gasteiger partial charge in [0.2, 0.25) is 5.91 Å². The van der Waals surface area contributed by atoms with Crippen molar-refractivity contribution in [2.24, 2.45) is 0 Å². The summed E-state index contributed by atoms with van der Waals surface area (Å²) >= 11 is 0. The van der Waals surface area contributed by atoms with E-state index in [4.69, 9.17) is 4.74 Å². The summed E-state index contributed by atoms with van der Waals surface area (Å²) in [7, 11) is 3.86. The fraction of sp³-hybridized carbons (Fsp3) is 0.407. The molecule has 7 heteroatoms. The lowest BCUT2D eigenvalue weighted by Crippen LogP contribution is -2.43. The molecule has 0 atom stereocenters. The molecule has 2 aromatic carbocycles. The van der Waals surface area contributed by atoms with Crippen molar-refractivity contribution in [3.05, 3.63) is 77.6 Å². The second kappa shape index (κ2) is 11.7. The average molecular weight is 462 g/mol. The second-order valence-electron chi connectivity index (χ2n) is 8.97. The van der Waals surface area contributed by atoms with Gasteiger partial charge in [-0.15, -0.1) is 0 Å². The average Bonchev–Trinajstić information content (AvgIpc) is 3.38. The molecule has 1 saturated heterocycles. The zero-order valence-corrected chi connectivity index (χ0v) is 20.2. The maximum absolute atomic E-state index is 12.4. The molecular formula is C27H35N5O2. The van der Waals surface area contributed by atoms with E-state index in [0.29, 0.717) is 19.0 Å². The van der Waals surface area contributed by atoms with E-state index in [1.807, 2.05) is 30.3 Å². The molecule has 0 radical (unpaired) electrons. The fourth-order valence-corrected chi connectivity index (χ4v) is 4.65. The third-order valence-corrected chi connectivity index (χ3v) is 6.64. The van der Waals surface area contributed by atoms with E-state index in [1.54, 1.807) is 13.3 Å². The standard InChI is InChI=1S/C27H35N5O2/c1-31(20-23-12-16-29-30-23)24-13-17-32(18-14-24)25-9-7-21(8-10-25)19-27(33)28-15-11-22-5-3-4-6-26(22)34-2/h3-10,12,16,24H,11,13-15,17-20H2,1-2H3,(H,28,33)(H,29,30). The van der Waals surface area contributed by atoms with Crippen molar-refractivity contribution in [2.75, 3.05) is 38.7 Å². The van der Waals surface area contributed by atoms with Crippen LogP contribution in [-0.2, 0) is 24.2 Å². The van der Waals surface area contributed by atoms with Gasteiger partial charge in [-0.3, -0.25) is 14.8 Å². The van der Waals surface area contributed by atoms with E-state index >= 15 is 0 Å². The van der Waals surface area contributed by atoms with Crippen molar-refractivity contribution in [3.63, 3.8) is 0 Å². The number of H-pyrrole nitrogens is 1. The Hall–Kier alpha value is -3.32. The number of ether oxygens (including phenoxy) is 1. The smallest absolute Gasteiger partial charge is 0.224 e. The summed E-state index contributed by atoms with van der Waals surface area (Å²) in [6.45, 7) is 3.59. The molecule has 0 bridgehead atoms. The predicted molar refractivity (Wildman–Crippen MR) is 135 cm³/mol. The van der Waals surface area contributed by atoms with Crippen LogP contribution < -0.4 is 15.0 Å². The summed E-state index contributed by atoms with van der Waals surface area (Å²) in [6, 6.07) is 19.0. The maximum Gasteiger partial charge on any atom is 0.224 e. The van der Waals surface area contributed by atoms with Gasteiger partial charge in [0.25, 0.3) is 0 Å². The number of hydrogen-bond acceptors (Lipinski definition) is 5. The van der Waals surface area contributed by atoms with Gasteiger partial charge in [0.1, 0.15) is 5.75 Å². The Morgan fingerprint density at radius 3 is 2.62 bits per heavy atom. The minimum atomic E-state index is 0.0452. The number of methoxy groups -OCH3 is 1. The summed E-state index contributed by atoms with van der Waals surface area (Å²) in [5.41, 5.74) is 4.53. The van der Waals surface area contributed by atoms with Gasteiger partial charge >= 0.3 is 0 Å². The molecule has 0 unspecified atom stereocenters. The van der Waals surface area contributed by atoms with E-state index in [1.165, 1.54) is 5.69 Å². The van der Waals surface area contributed by atoms with Crippen molar-refractivity contribution < 1.29 is 9.53 Å². The normalized spacial score (nSPS) is 14.4. The molecule has 1 aromatic heterocycles. The Morgan fingerprint density at radius 2 is 1.91 bits per heavy atom. The number of hydrogen-bond donors (Lipinski definition) is 2. The lowest BCUT2D eigenvalue weighted by atomic mass is 10.0. The van der Waals surface area contributed by atoms with Crippen LogP contribution in [0.15, 0.2) is 60.8 Å². The first-order chi connectivity index (χ1) is 16.6. The van der Waals surface area contributed by atoms with Gasteiger partial charge in [-0.05, 0) is 61.7 Å². The van der Waals surface area contributed by atoms with Crippen molar-refractivity contribution in [2.45, 2.75) is 38.3 Å². The van der Waals surface area contributed by atoms with Crippen LogP contribution >= 0.6 is 0 Å². The third-order valence-electron chi connectivity index (χ3n) is 6.64. The fourth-order valence-electron chi connectivity index (χ4n) is 4.65. The second-order valence-corrected chi connectivity index (χ2v) is 8.97. The molecule has 1 aliphatic rings. The number of aromatic nitrogens is 2. The molecule has 4 rings (SSSR count). The lowest BCUT2D eigenvalue weighted by molar-refractivity contribution is -0.120. The Labute approximate surface area is 202 Å². The molecule has 180 valence electrons. The molecule has 34 heavy (non-hydrogen) atoms. The Morgan fingerprint density at radius 1 is 1.15 bits per heavy atom. The summed E-state index contributed by atoms with van der Waals surface area (Å²) in [6.07, 6.45) is 5.23. The van der Waals surface area contributed by atoms with Crippen LogP contribution in [-0.4, -0.2) is 60.8 Å². The summed E-state index contributed by atoms with van der Waals surface area (Å²) in [5.74, 6) is 0.907. The van der Waals surface area contributed by atoms with E-state index < -0.39 is 0 Å². The maximum atomic E-state index is 12.4. The first-order valence-electron chi connectivity index (χ1n) is 12.0. The Balaban J connectivity index is 1.20. The molecule has 1 fully saturated rings. The number of anilines is 1. The first-order valence-corrected chi connectivity index (χ1v) is 12.0. The highest BCUT2D eigenvalue weighted by molar-refractivity contribution is 5.78. The number of rotatable bonds is 10. The number of piperidine rings is 1. The zero-order chi connectivity index (χ0) is 23.8. The number of nitrogens with zero attached hydrogens (tertiary/aromatic N) is 3. The summed E-state index contributed by atoms with van der Waals surface area (Å²) < 4.78 is 5.38. The van der Waals surface area contributed by atoms with Gasteiger partial charge in [0, 0.05) is 49.8 Å². The van der Waals surface area contributed by atoms with Gasteiger partial charge in [0.15, 0.2) is 0 Å². The quantitative estimate of drug-likeness (QED) is 0.484. The SMILES string of the molecule is COc1ccccc1CCNC(=O)Cc1ccc(N2CCC(N(C)Cc3ccn[nH]3)CC2)cc1. The molecule has 2 N–H and O–H groups in total. The lowest BCUT2D eigenvalue weighted by Gasteiger charge is -2.37. The topological polar surface area (TPSA) is 73.5 Å². The van der Waals surface area contributed by atoms with Crippen LogP contribution in [0.2, 0.25) is 0 Å². The summed E-state index contributed by atoms with van der Waals surface area (Å²) in [4.78, 5) is 17.3. The van der Waals surface area contributed by atoms with E-state index in [9.17, 15) is 4.79 Å². The Kier molecular flexibility index (Phi) is 8.20. The monoisotopic (exact) mass is 461 g/mol. The highest BCUT2D eigenvalue weighted by Crippen LogP contribution is 2.23. The van der Waals surface area contributed by atoms with Crippen LogP contribution in [0.3, 0.4) is 0 Å². The molecule has 1 aliphatic heterocycles. The van der Waals surface area contributed by atoms with Gasteiger partial charge < -0.3 is 15.0 Å². The zero-order valence-electron chi connectivity index (χ0n) is 20.2. The van der Waals surface area contributed by atoms with Crippen molar-refractivity contribution in [3.8, 4) is 5.75 Å². The van der Waals surface area contributed by atoms with Crippen molar-refractivity contribution in [1.29, 1.82) is 0 Å². The molecule has 0 spiro atoms. The number of carbonyl (C=O) groups is 1. The molecule has 1 amide bonds. The number of amides is 1. The number of nitrogens with one attached hydrogen (secondary N) is 2. The summed E-state index contributed by atoms with van der Waals surface area (Å²) in [5, 5.41) is 10.1. The van der Waals surface area contributed by atoms with E-state index in [2.05, 4.69) is 56.6 Å². The van der Waals surface area contributed by atoms with E-state index in [0.717, 1.165) is 61.5 Å². The van der Waals surface area contributed by atoms with Gasteiger partial charge in [0.05, 0.1) is 13.5 Å². The number of benzene rings is 2. The van der Waals surface area contributed by atoms with Gasteiger partial charge in [-0.25, -0.2) is 0 Å². The third kappa shape index (κ3) is 6.38. The number of aromatic amines is 1. The minimum Gasteiger partial charge on any atom is -0.496 e. The van der Waals surface area contributed by atoms with Gasteiger partial charge in [-0.2, -0.15) is 5.10 Å². The number of para-hydroxylation sites is 1. The molecule has 0 saturated carbocycles. The van der Waals surface area contributed by atoms with Crippen LogP contribution in [0.4, 0.5) is 5.69 Å². The highest BCUT2D eigenvalue weighted by atomic mass is 16.5. The van der Waals surface area contributed by atoms with Crippen LogP contribution in [0.25, 0.3) is 0 Å². The molecule has 0 aliphatic carbocycles. The van der Waals surface area contributed by atoms with Gasteiger partial charge in [-0.1, -0.05) is 30.3 Å². The van der Waals surface area contributed by atoms with Crippen LogP contribution in [0, 0.1) is 0 Å². The first kappa shape index (κ1) is 23.8. The van der Waals surface area contributed by atoms with Crippen molar-refractivity contribution in [1.82, 2.24) is 20.4 Å². The molecule has 3 aromatic rings. The Bertz CT molecular complexity index is 1030. The van der Waals surface area contributed by atoms with Crippen LogP contribution in [0.5, 0.6) is 5.75 Å². The predicted octanol–water partition coefficient (Wildman–Crippen LogP) is 3.42. The molecule has 7 nitrogen and oxygen atoms in total. The molecular weight excluding hydrogens is 426 g/mol. The minimum absolute atomic E-state index is 0.0452. The number of carbonyl (C=O) groups excluding carboxylic acids is 1. The van der Waals surface area contributed by atoms with Crippen molar-refractivity contribution >= 4 is 11.6 Å². The highest BCUT2D eigenvalue weighted by Gasteiger charge is 2.23.